The molecule has 0 saturated carbocycles. The number of carbonyl (C=O) groups excluding carboxylic acids is 1. The average molecular weight is 262 g/mol. The van der Waals surface area contributed by atoms with Gasteiger partial charge in [0.05, 0.1) is 14.2 Å². The van der Waals surface area contributed by atoms with Gasteiger partial charge in [-0.25, -0.2) is 4.79 Å². The lowest BCUT2D eigenvalue weighted by Gasteiger charge is -2.07. The number of methoxy groups -OCH3 is 2. The number of hydrogen-bond acceptors (Lipinski definition) is 3. The average Bonchev–Trinajstić information content (AvgIpc) is 2.34. The molecular formula is C14H18O3Si. The van der Waals surface area contributed by atoms with Gasteiger partial charge in [0, 0.05) is 5.56 Å². The Morgan fingerprint density at radius 2 is 1.89 bits per heavy atom. The second kappa shape index (κ2) is 5.74. The number of ether oxygens (including phenoxy) is 2. The molecule has 0 aromatic heterocycles. The van der Waals surface area contributed by atoms with Crippen molar-refractivity contribution in [1.82, 2.24) is 0 Å². The third-order valence-electron chi connectivity index (χ3n) is 2.19. The summed E-state index contributed by atoms with van der Waals surface area (Å²) in [6, 6.07) is 5.29. The van der Waals surface area contributed by atoms with E-state index in [9.17, 15) is 4.79 Å². The van der Waals surface area contributed by atoms with Gasteiger partial charge in [-0.1, -0.05) is 25.6 Å². The largest absolute Gasteiger partial charge is 0.496 e. The van der Waals surface area contributed by atoms with Gasteiger partial charge in [0.2, 0.25) is 0 Å². The standard InChI is InChI=1S/C14H18O3Si/c1-16-13-7-6-11(8-9-18(3,4)5)10-12(13)14(15)17-2/h6-7,10H,1-5H3. The number of hydrogen-bond donors (Lipinski definition) is 0. The highest BCUT2D eigenvalue weighted by atomic mass is 28.3. The summed E-state index contributed by atoms with van der Waals surface area (Å²) in [6.07, 6.45) is 0. The maximum absolute atomic E-state index is 11.6. The third-order valence-corrected chi connectivity index (χ3v) is 3.06. The van der Waals surface area contributed by atoms with Crippen molar-refractivity contribution in [3.63, 3.8) is 0 Å². The smallest absolute Gasteiger partial charge is 0.341 e. The predicted octanol–water partition coefficient (Wildman–Crippen LogP) is 2.71. The molecule has 0 spiro atoms. The van der Waals surface area contributed by atoms with Crippen molar-refractivity contribution in [2.75, 3.05) is 14.2 Å². The van der Waals surface area contributed by atoms with Gasteiger partial charge in [-0.3, -0.25) is 0 Å². The molecule has 0 aliphatic heterocycles. The van der Waals surface area contributed by atoms with Crippen molar-refractivity contribution in [3.8, 4) is 17.2 Å². The van der Waals surface area contributed by atoms with E-state index >= 15 is 0 Å². The van der Waals surface area contributed by atoms with Crippen LogP contribution >= 0.6 is 0 Å². The first-order valence-electron chi connectivity index (χ1n) is 5.67. The highest BCUT2D eigenvalue weighted by Gasteiger charge is 2.13. The van der Waals surface area contributed by atoms with E-state index in [0.717, 1.165) is 5.56 Å². The van der Waals surface area contributed by atoms with E-state index in [-0.39, 0.29) is 0 Å². The first-order chi connectivity index (χ1) is 8.37. The molecule has 0 radical (unpaired) electrons. The van der Waals surface area contributed by atoms with Gasteiger partial charge in [-0.05, 0) is 18.2 Å². The van der Waals surface area contributed by atoms with Gasteiger partial charge < -0.3 is 9.47 Å². The molecule has 96 valence electrons. The molecule has 0 bridgehead atoms. The topological polar surface area (TPSA) is 35.5 Å². The van der Waals surface area contributed by atoms with Gasteiger partial charge in [0.15, 0.2) is 0 Å². The Hall–Kier alpha value is -1.73. The Morgan fingerprint density at radius 3 is 2.39 bits per heavy atom. The molecule has 0 fully saturated rings. The molecule has 1 aromatic carbocycles. The monoisotopic (exact) mass is 262 g/mol. The van der Waals surface area contributed by atoms with Crippen LogP contribution in [-0.4, -0.2) is 28.3 Å². The summed E-state index contributed by atoms with van der Waals surface area (Å²) in [4.78, 5) is 11.6. The van der Waals surface area contributed by atoms with E-state index in [1.54, 1.807) is 12.1 Å². The molecule has 4 heteroatoms. The summed E-state index contributed by atoms with van der Waals surface area (Å²) in [7, 11) is 1.45. The molecular weight excluding hydrogens is 244 g/mol. The van der Waals surface area contributed by atoms with Crippen LogP contribution in [0, 0.1) is 11.5 Å². The lowest BCUT2D eigenvalue weighted by Crippen LogP contribution is -2.16. The van der Waals surface area contributed by atoms with E-state index in [1.807, 2.05) is 6.07 Å². The second-order valence-corrected chi connectivity index (χ2v) is 9.66. The number of carbonyl (C=O) groups is 1. The molecule has 1 aromatic rings. The summed E-state index contributed by atoms with van der Waals surface area (Å²) in [5.41, 5.74) is 4.47. The van der Waals surface area contributed by atoms with Crippen LogP contribution in [-0.2, 0) is 4.74 Å². The van der Waals surface area contributed by atoms with Crippen LogP contribution in [0.1, 0.15) is 15.9 Å². The number of rotatable bonds is 2. The first-order valence-corrected chi connectivity index (χ1v) is 9.17. The number of esters is 1. The molecule has 0 N–H and O–H groups in total. The zero-order valence-corrected chi connectivity index (χ0v) is 12.5. The normalized spacial score (nSPS) is 10.3. The fraction of sp³-hybridized carbons (Fsp3) is 0.357. The summed E-state index contributed by atoms with van der Waals surface area (Å²) >= 11 is 0. The van der Waals surface area contributed by atoms with Gasteiger partial charge >= 0.3 is 5.97 Å². The van der Waals surface area contributed by atoms with Gasteiger partial charge in [0.1, 0.15) is 19.4 Å². The molecule has 0 heterocycles. The minimum Gasteiger partial charge on any atom is -0.496 e. The predicted molar refractivity (Wildman–Crippen MR) is 74.6 cm³/mol. The molecule has 0 unspecified atom stereocenters. The summed E-state index contributed by atoms with van der Waals surface area (Å²) in [5, 5.41) is 0. The molecule has 0 aliphatic carbocycles. The van der Waals surface area contributed by atoms with Crippen molar-refractivity contribution in [1.29, 1.82) is 0 Å². The lowest BCUT2D eigenvalue weighted by atomic mass is 10.1. The molecule has 0 aliphatic rings. The van der Waals surface area contributed by atoms with Crippen molar-refractivity contribution >= 4 is 14.0 Å². The Labute approximate surface area is 109 Å². The molecule has 1 rings (SSSR count). The van der Waals surface area contributed by atoms with Crippen LogP contribution in [0.2, 0.25) is 19.6 Å². The van der Waals surface area contributed by atoms with E-state index in [4.69, 9.17) is 9.47 Å². The highest BCUT2D eigenvalue weighted by Crippen LogP contribution is 2.20. The molecule has 0 saturated heterocycles. The molecule has 18 heavy (non-hydrogen) atoms. The lowest BCUT2D eigenvalue weighted by molar-refractivity contribution is 0.0597. The molecule has 3 nitrogen and oxygen atoms in total. The van der Waals surface area contributed by atoms with E-state index in [2.05, 4.69) is 31.1 Å². The van der Waals surface area contributed by atoms with Crippen molar-refractivity contribution in [2.45, 2.75) is 19.6 Å². The summed E-state index contributed by atoms with van der Waals surface area (Å²) in [6.45, 7) is 6.51. The van der Waals surface area contributed by atoms with Crippen molar-refractivity contribution in [3.05, 3.63) is 29.3 Å². The minimum atomic E-state index is -1.42. The zero-order chi connectivity index (χ0) is 13.8. The van der Waals surface area contributed by atoms with Crippen LogP contribution in [0.5, 0.6) is 5.75 Å². The maximum Gasteiger partial charge on any atom is 0.341 e. The van der Waals surface area contributed by atoms with Crippen molar-refractivity contribution < 1.29 is 14.3 Å². The van der Waals surface area contributed by atoms with E-state index in [0.29, 0.717) is 11.3 Å². The third kappa shape index (κ3) is 3.93. The maximum atomic E-state index is 11.6. The van der Waals surface area contributed by atoms with E-state index < -0.39 is 14.0 Å². The van der Waals surface area contributed by atoms with Crippen LogP contribution in [0.3, 0.4) is 0 Å². The Kier molecular flexibility index (Phi) is 4.57. The van der Waals surface area contributed by atoms with E-state index in [1.165, 1.54) is 14.2 Å². The number of benzene rings is 1. The van der Waals surface area contributed by atoms with Crippen molar-refractivity contribution in [2.24, 2.45) is 0 Å². The highest BCUT2D eigenvalue weighted by molar-refractivity contribution is 6.83. The first kappa shape index (κ1) is 14.3. The van der Waals surface area contributed by atoms with Gasteiger partial charge in [0.25, 0.3) is 0 Å². The second-order valence-electron chi connectivity index (χ2n) is 4.91. The fourth-order valence-corrected chi connectivity index (χ4v) is 1.83. The molecule has 0 atom stereocenters. The van der Waals surface area contributed by atoms with Gasteiger partial charge in [-0.15, -0.1) is 5.54 Å². The van der Waals surface area contributed by atoms with Gasteiger partial charge in [-0.2, -0.15) is 0 Å². The zero-order valence-electron chi connectivity index (χ0n) is 11.5. The fourth-order valence-electron chi connectivity index (χ4n) is 1.31. The van der Waals surface area contributed by atoms with Crippen LogP contribution in [0.4, 0.5) is 0 Å². The quantitative estimate of drug-likeness (QED) is 0.467. The minimum absolute atomic E-state index is 0.405. The summed E-state index contributed by atoms with van der Waals surface area (Å²) < 4.78 is 9.85. The van der Waals surface area contributed by atoms with Crippen LogP contribution < -0.4 is 4.74 Å². The molecule has 0 amide bonds. The van der Waals surface area contributed by atoms with Crippen LogP contribution in [0.25, 0.3) is 0 Å². The van der Waals surface area contributed by atoms with Crippen LogP contribution in [0.15, 0.2) is 18.2 Å². The SMILES string of the molecule is COC(=O)c1cc(C#C[Si](C)(C)C)ccc1OC. The summed E-state index contributed by atoms with van der Waals surface area (Å²) in [5.74, 6) is 3.19. The Morgan fingerprint density at radius 1 is 1.22 bits per heavy atom. The Balaban J connectivity index is 3.17. The Bertz CT molecular complexity index is 504.